The summed E-state index contributed by atoms with van der Waals surface area (Å²) in [5, 5.41) is 11.8. The number of rotatable bonds is 5. The van der Waals surface area contributed by atoms with E-state index in [0.717, 1.165) is 0 Å². The molecule has 0 heterocycles. The second-order valence-corrected chi connectivity index (χ2v) is 6.39. The lowest BCUT2D eigenvalue weighted by molar-refractivity contribution is -0.157. The standard InChI is InChI=1S/C14H26N2O4/c1-8-16(14(6,7)12(19)20)10(17)9(2)15-11(18)13(3,4)5/h9H,8H2,1-7H3,(H,15,18)(H,19,20). The third-order valence-electron chi connectivity index (χ3n) is 3.18. The number of hydrogen-bond donors (Lipinski definition) is 2. The van der Waals surface area contributed by atoms with Crippen molar-refractivity contribution in [2.24, 2.45) is 5.41 Å². The van der Waals surface area contributed by atoms with Crippen LogP contribution in [0.15, 0.2) is 0 Å². The number of nitrogens with one attached hydrogen (secondary N) is 1. The molecule has 0 aromatic rings. The molecule has 0 saturated heterocycles. The van der Waals surface area contributed by atoms with Gasteiger partial charge in [-0.2, -0.15) is 0 Å². The Labute approximate surface area is 120 Å². The number of carbonyl (C=O) groups excluding carboxylic acids is 2. The van der Waals surface area contributed by atoms with Crippen LogP contribution >= 0.6 is 0 Å². The van der Waals surface area contributed by atoms with Gasteiger partial charge in [0, 0.05) is 12.0 Å². The molecule has 6 heteroatoms. The molecule has 0 fully saturated rings. The summed E-state index contributed by atoms with van der Waals surface area (Å²) in [6.07, 6.45) is 0. The van der Waals surface area contributed by atoms with Crippen LogP contribution in [-0.2, 0) is 14.4 Å². The van der Waals surface area contributed by atoms with Gasteiger partial charge in [0.05, 0.1) is 0 Å². The molecule has 1 atom stereocenters. The molecular formula is C14H26N2O4. The van der Waals surface area contributed by atoms with Gasteiger partial charge in [-0.3, -0.25) is 9.59 Å². The predicted molar refractivity (Wildman–Crippen MR) is 76.2 cm³/mol. The monoisotopic (exact) mass is 286 g/mol. The second kappa shape index (κ2) is 6.24. The van der Waals surface area contributed by atoms with Crippen LogP contribution in [0, 0.1) is 5.41 Å². The molecule has 0 saturated carbocycles. The highest BCUT2D eigenvalue weighted by Gasteiger charge is 2.39. The molecule has 1 unspecified atom stereocenters. The first-order chi connectivity index (χ1) is 8.85. The van der Waals surface area contributed by atoms with Crippen LogP contribution in [0.3, 0.4) is 0 Å². The summed E-state index contributed by atoms with van der Waals surface area (Å²) in [6.45, 7) is 11.7. The molecule has 6 nitrogen and oxygen atoms in total. The van der Waals surface area contributed by atoms with Gasteiger partial charge in [-0.25, -0.2) is 4.79 Å². The van der Waals surface area contributed by atoms with Crippen molar-refractivity contribution >= 4 is 17.8 Å². The fourth-order valence-electron chi connectivity index (χ4n) is 1.65. The van der Waals surface area contributed by atoms with Crippen LogP contribution in [0.4, 0.5) is 0 Å². The Kier molecular flexibility index (Phi) is 5.74. The van der Waals surface area contributed by atoms with Gasteiger partial charge >= 0.3 is 5.97 Å². The van der Waals surface area contributed by atoms with E-state index in [-0.39, 0.29) is 12.5 Å². The Morgan fingerprint density at radius 1 is 1.15 bits per heavy atom. The number of carboxylic acids is 1. The molecule has 0 aliphatic heterocycles. The Morgan fingerprint density at radius 2 is 1.60 bits per heavy atom. The smallest absolute Gasteiger partial charge is 0.329 e. The van der Waals surface area contributed by atoms with Gasteiger partial charge in [0.25, 0.3) is 0 Å². The van der Waals surface area contributed by atoms with Gasteiger partial charge in [0.15, 0.2) is 0 Å². The van der Waals surface area contributed by atoms with Gasteiger partial charge in [0.2, 0.25) is 11.8 Å². The molecule has 0 bridgehead atoms. The van der Waals surface area contributed by atoms with Crippen LogP contribution < -0.4 is 5.32 Å². The molecule has 0 aromatic heterocycles. The molecule has 0 spiro atoms. The average molecular weight is 286 g/mol. The van der Waals surface area contributed by atoms with E-state index in [1.807, 2.05) is 0 Å². The fraction of sp³-hybridized carbons (Fsp3) is 0.786. The Balaban J connectivity index is 5.04. The lowest BCUT2D eigenvalue weighted by Gasteiger charge is -2.36. The molecule has 0 rings (SSSR count). The summed E-state index contributed by atoms with van der Waals surface area (Å²) in [4.78, 5) is 36.7. The lowest BCUT2D eigenvalue weighted by atomic mass is 9.95. The molecule has 20 heavy (non-hydrogen) atoms. The second-order valence-electron chi connectivity index (χ2n) is 6.39. The number of hydrogen-bond acceptors (Lipinski definition) is 3. The number of amides is 2. The summed E-state index contributed by atoms with van der Waals surface area (Å²) in [5.41, 5.74) is -1.92. The zero-order chi connectivity index (χ0) is 16.3. The quantitative estimate of drug-likeness (QED) is 0.796. The first kappa shape index (κ1) is 18.4. The number of nitrogens with zero attached hydrogens (tertiary/aromatic N) is 1. The Hall–Kier alpha value is -1.59. The van der Waals surface area contributed by atoms with Crippen LogP contribution in [0.25, 0.3) is 0 Å². The fourth-order valence-corrected chi connectivity index (χ4v) is 1.65. The topological polar surface area (TPSA) is 86.7 Å². The maximum Gasteiger partial charge on any atom is 0.329 e. The summed E-state index contributed by atoms with van der Waals surface area (Å²) < 4.78 is 0. The minimum atomic E-state index is -1.31. The van der Waals surface area contributed by atoms with Crippen molar-refractivity contribution in [1.29, 1.82) is 0 Å². The largest absolute Gasteiger partial charge is 0.480 e. The molecule has 0 aliphatic carbocycles. The average Bonchev–Trinajstić information content (AvgIpc) is 2.27. The maximum absolute atomic E-state index is 12.3. The van der Waals surface area contributed by atoms with Crippen molar-refractivity contribution in [2.45, 2.75) is 60.0 Å². The highest BCUT2D eigenvalue weighted by molar-refractivity contribution is 5.92. The number of carbonyl (C=O) groups is 3. The third kappa shape index (κ3) is 4.21. The molecule has 116 valence electrons. The third-order valence-corrected chi connectivity index (χ3v) is 3.18. The van der Waals surface area contributed by atoms with Crippen LogP contribution in [-0.4, -0.2) is 45.9 Å². The van der Waals surface area contributed by atoms with Crippen LogP contribution in [0.5, 0.6) is 0 Å². The molecule has 0 aromatic carbocycles. The highest BCUT2D eigenvalue weighted by Crippen LogP contribution is 2.17. The zero-order valence-corrected chi connectivity index (χ0v) is 13.4. The van der Waals surface area contributed by atoms with Crippen LogP contribution in [0.1, 0.15) is 48.5 Å². The first-order valence-corrected chi connectivity index (χ1v) is 6.71. The lowest BCUT2D eigenvalue weighted by Crippen LogP contribution is -2.58. The summed E-state index contributed by atoms with van der Waals surface area (Å²) in [7, 11) is 0. The van der Waals surface area contributed by atoms with Crippen molar-refractivity contribution in [2.75, 3.05) is 6.54 Å². The van der Waals surface area contributed by atoms with Gasteiger partial charge in [-0.05, 0) is 27.7 Å². The van der Waals surface area contributed by atoms with Gasteiger partial charge < -0.3 is 15.3 Å². The summed E-state index contributed by atoms with van der Waals surface area (Å²) in [5.74, 6) is -1.73. The van der Waals surface area contributed by atoms with E-state index in [2.05, 4.69) is 5.32 Å². The predicted octanol–water partition coefficient (Wildman–Crippen LogP) is 1.25. The number of aliphatic carboxylic acids is 1. The van der Waals surface area contributed by atoms with Gasteiger partial charge in [-0.15, -0.1) is 0 Å². The molecular weight excluding hydrogens is 260 g/mol. The van der Waals surface area contributed by atoms with E-state index in [1.54, 1.807) is 34.6 Å². The van der Waals surface area contributed by atoms with E-state index in [0.29, 0.717) is 0 Å². The van der Waals surface area contributed by atoms with Crippen molar-refractivity contribution < 1.29 is 19.5 Å². The van der Waals surface area contributed by atoms with Crippen molar-refractivity contribution in [3.63, 3.8) is 0 Å². The molecule has 0 aliphatic rings. The zero-order valence-electron chi connectivity index (χ0n) is 13.4. The van der Waals surface area contributed by atoms with Crippen molar-refractivity contribution in [1.82, 2.24) is 10.2 Å². The molecule has 2 amide bonds. The van der Waals surface area contributed by atoms with Crippen molar-refractivity contribution in [3.05, 3.63) is 0 Å². The molecule has 0 radical (unpaired) electrons. The van der Waals surface area contributed by atoms with Crippen molar-refractivity contribution in [3.8, 4) is 0 Å². The first-order valence-electron chi connectivity index (χ1n) is 6.71. The molecule has 2 N–H and O–H groups in total. The Morgan fingerprint density at radius 3 is 1.90 bits per heavy atom. The SMILES string of the molecule is CCN(C(=O)C(C)NC(=O)C(C)(C)C)C(C)(C)C(=O)O. The maximum atomic E-state index is 12.3. The minimum absolute atomic E-state index is 0.248. The van der Waals surface area contributed by atoms with E-state index in [9.17, 15) is 19.5 Å². The Bertz CT molecular complexity index is 396. The van der Waals surface area contributed by atoms with Gasteiger partial charge in [-0.1, -0.05) is 20.8 Å². The summed E-state index contributed by atoms with van der Waals surface area (Å²) >= 11 is 0. The van der Waals surface area contributed by atoms with Crippen LogP contribution in [0.2, 0.25) is 0 Å². The summed E-state index contributed by atoms with van der Waals surface area (Å²) in [6, 6.07) is -0.764. The number of likely N-dealkylation sites (N-methyl/N-ethyl adjacent to an activating group) is 1. The minimum Gasteiger partial charge on any atom is -0.480 e. The van der Waals surface area contributed by atoms with E-state index < -0.39 is 28.9 Å². The van der Waals surface area contributed by atoms with E-state index >= 15 is 0 Å². The normalized spacial score (nSPS) is 13.6. The van der Waals surface area contributed by atoms with E-state index in [4.69, 9.17) is 0 Å². The van der Waals surface area contributed by atoms with E-state index in [1.165, 1.54) is 18.7 Å². The van der Waals surface area contributed by atoms with Gasteiger partial charge in [0.1, 0.15) is 11.6 Å². The highest BCUT2D eigenvalue weighted by atomic mass is 16.4. The number of carboxylic acid groups (broad SMARTS) is 1.